The Balaban J connectivity index is 1.68. The van der Waals surface area contributed by atoms with Crippen LogP contribution in [0.5, 0.6) is 17.2 Å². The lowest BCUT2D eigenvalue weighted by Crippen LogP contribution is -2.32. The van der Waals surface area contributed by atoms with E-state index in [1.165, 1.54) is 55.8 Å². The van der Waals surface area contributed by atoms with Crippen LogP contribution in [0.1, 0.15) is 11.1 Å². The van der Waals surface area contributed by atoms with Crippen molar-refractivity contribution < 1.29 is 28.9 Å². The summed E-state index contributed by atoms with van der Waals surface area (Å²) >= 11 is 0. The van der Waals surface area contributed by atoms with Crippen LogP contribution in [0.3, 0.4) is 0 Å². The summed E-state index contributed by atoms with van der Waals surface area (Å²) in [6.07, 6.45) is 1.22. The van der Waals surface area contributed by atoms with Crippen LogP contribution >= 0.6 is 0 Å². The first-order valence-electron chi connectivity index (χ1n) is 10.1. The minimum absolute atomic E-state index is 0.0717. The fourth-order valence-electron chi connectivity index (χ4n) is 2.85. The summed E-state index contributed by atoms with van der Waals surface area (Å²) in [6.45, 7) is 0. The predicted octanol–water partition coefficient (Wildman–Crippen LogP) is 3.26. The molecule has 0 radical (unpaired) electrons. The van der Waals surface area contributed by atoms with Crippen LogP contribution in [0.2, 0.25) is 0 Å². The van der Waals surface area contributed by atoms with Crippen LogP contribution in [0.15, 0.2) is 65.8 Å². The third-order valence-electron chi connectivity index (χ3n) is 4.62. The van der Waals surface area contributed by atoms with Gasteiger partial charge in [0, 0.05) is 11.8 Å². The van der Waals surface area contributed by atoms with Crippen molar-refractivity contribution in [3.63, 3.8) is 0 Å². The number of ether oxygens (including phenoxy) is 2. The summed E-state index contributed by atoms with van der Waals surface area (Å²) in [5.74, 6) is -2.05. The fraction of sp³-hybridized carbons (Fsp3) is 0.0435. The molecule has 0 saturated heterocycles. The van der Waals surface area contributed by atoms with Crippen LogP contribution in [-0.4, -0.2) is 35.0 Å². The van der Waals surface area contributed by atoms with Crippen LogP contribution in [0, 0.1) is 31.6 Å². The highest BCUT2D eigenvalue weighted by atomic mass is 16.6. The van der Waals surface area contributed by atoms with Crippen molar-refractivity contribution in [3.05, 3.63) is 92.0 Å². The first-order chi connectivity index (χ1) is 17.7. The molecule has 37 heavy (non-hydrogen) atoms. The molecule has 186 valence electrons. The number of rotatable bonds is 8. The van der Waals surface area contributed by atoms with Gasteiger partial charge in [0.25, 0.3) is 5.69 Å². The molecule has 3 aromatic rings. The van der Waals surface area contributed by atoms with E-state index in [1.54, 1.807) is 0 Å². The highest BCUT2D eigenvalue weighted by molar-refractivity contribution is 6.39. The van der Waals surface area contributed by atoms with Gasteiger partial charge in [-0.2, -0.15) is 10.4 Å². The van der Waals surface area contributed by atoms with Gasteiger partial charge in [0.05, 0.1) is 40.9 Å². The lowest BCUT2D eigenvalue weighted by molar-refractivity contribution is -0.394. The average molecular weight is 504 g/mol. The third-order valence-corrected chi connectivity index (χ3v) is 4.62. The molecule has 0 aliphatic rings. The number of hydrogen-bond acceptors (Lipinski definition) is 10. The average Bonchev–Trinajstić information content (AvgIpc) is 2.89. The van der Waals surface area contributed by atoms with Crippen LogP contribution in [0.4, 0.5) is 17.1 Å². The molecule has 0 heterocycles. The molecule has 3 aromatic carbocycles. The number of benzene rings is 3. The van der Waals surface area contributed by atoms with E-state index in [2.05, 4.69) is 15.8 Å². The molecule has 0 aromatic heterocycles. The molecule has 0 bridgehead atoms. The van der Waals surface area contributed by atoms with Crippen molar-refractivity contribution in [3.8, 4) is 23.3 Å². The van der Waals surface area contributed by atoms with E-state index in [4.69, 9.17) is 14.7 Å². The smallest absolute Gasteiger partial charge is 0.329 e. The SMILES string of the molecule is COc1cc(/C=N/NC(=O)C(=O)Nc2ccc(C#N)cc2)ccc1Oc1ccc([N+](=O)[O-])cc1[N+](=O)[O-]. The summed E-state index contributed by atoms with van der Waals surface area (Å²) in [6, 6.07) is 15.1. The van der Waals surface area contributed by atoms with E-state index in [0.717, 1.165) is 18.2 Å². The van der Waals surface area contributed by atoms with Gasteiger partial charge in [-0.25, -0.2) is 5.43 Å². The summed E-state index contributed by atoms with van der Waals surface area (Å²) in [5.41, 5.74) is 2.11. The van der Waals surface area contributed by atoms with Crippen LogP contribution in [-0.2, 0) is 9.59 Å². The molecule has 3 rings (SSSR count). The topological polar surface area (TPSA) is 199 Å². The molecular weight excluding hydrogens is 488 g/mol. The Bertz CT molecular complexity index is 1450. The Kier molecular flexibility index (Phi) is 8.03. The number of nitro groups is 2. The van der Waals surface area contributed by atoms with Gasteiger partial charge >= 0.3 is 17.5 Å². The lowest BCUT2D eigenvalue weighted by Gasteiger charge is -2.11. The number of nitriles is 1. The van der Waals surface area contributed by atoms with Gasteiger partial charge < -0.3 is 14.8 Å². The molecule has 0 spiro atoms. The standard InChI is InChI=1S/C23H16N6O8/c1-36-21-10-15(13-25-27-23(31)22(30)26-16-5-2-14(12-24)3-6-16)4-8-20(21)37-19-9-7-17(28(32)33)11-18(19)29(34)35/h2-11,13H,1H3,(H,26,30)(H,27,31)/b25-13+. The molecule has 2 N–H and O–H groups in total. The maximum Gasteiger partial charge on any atom is 0.329 e. The quantitative estimate of drug-likeness (QED) is 0.200. The maximum absolute atomic E-state index is 12.0. The Labute approximate surface area is 208 Å². The zero-order valence-corrected chi connectivity index (χ0v) is 18.9. The molecule has 0 atom stereocenters. The van der Waals surface area contributed by atoms with Crippen LogP contribution in [0.25, 0.3) is 0 Å². The van der Waals surface area contributed by atoms with Gasteiger partial charge in [0.15, 0.2) is 11.5 Å². The van der Waals surface area contributed by atoms with Crippen molar-refractivity contribution in [1.29, 1.82) is 5.26 Å². The Hall–Kier alpha value is -5.84. The minimum Gasteiger partial charge on any atom is -0.493 e. The second-order valence-corrected chi connectivity index (χ2v) is 7.02. The fourth-order valence-corrected chi connectivity index (χ4v) is 2.85. The first-order valence-corrected chi connectivity index (χ1v) is 10.1. The summed E-state index contributed by atoms with van der Waals surface area (Å²) in [4.78, 5) is 44.6. The maximum atomic E-state index is 12.0. The number of amides is 2. The first kappa shape index (κ1) is 25.8. The van der Waals surface area contributed by atoms with E-state index >= 15 is 0 Å². The number of nitrogens with one attached hydrogen (secondary N) is 2. The third kappa shape index (κ3) is 6.61. The van der Waals surface area contributed by atoms with Crippen molar-refractivity contribution in [2.24, 2.45) is 5.10 Å². The van der Waals surface area contributed by atoms with Crippen molar-refractivity contribution in [2.75, 3.05) is 12.4 Å². The van der Waals surface area contributed by atoms with Gasteiger partial charge in [-0.3, -0.25) is 29.8 Å². The van der Waals surface area contributed by atoms with Crippen molar-refractivity contribution in [1.82, 2.24) is 5.43 Å². The van der Waals surface area contributed by atoms with Crippen molar-refractivity contribution in [2.45, 2.75) is 0 Å². The second-order valence-electron chi connectivity index (χ2n) is 7.02. The van der Waals surface area contributed by atoms with E-state index in [9.17, 15) is 29.8 Å². The number of nitrogens with zero attached hydrogens (tertiary/aromatic N) is 4. The van der Waals surface area contributed by atoms with Gasteiger partial charge in [0.1, 0.15) is 0 Å². The molecule has 0 saturated carbocycles. The molecule has 2 amide bonds. The zero-order chi connectivity index (χ0) is 26.9. The lowest BCUT2D eigenvalue weighted by atomic mass is 10.2. The molecule has 0 aliphatic heterocycles. The highest BCUT2D eigenvalue weighted by Crippen LogP contribution is 2.38. The van der Waals surface area contributed by atoms with Gasteiger partial charge in [-0.05, 0) is 54.1 Å². The van der Waals surface area contributed by atoms with Crippen LogP contribution < -0.4 is 20.2 Å². The number of carbonyl (C=O) groups excluding carboxylic acids is 2. The number of hydrazone groups is 1. The number of non-ortho nitro benzene ring substituents is 1. The number of carbonyl (C=O) groups is 2. The molecular formula is C23H16N6O8. The second kappa shape index (κ2) is 11.5. The molecule has 0 unspecified atom stereocenters. The number of methoxy groups -OCH3 is 1. The van der Waals surface area contributed by atoms with E-state index in [0.29, 0.717) is 16.8 Å². The Morgan fingerprint density at radius 3 is 2.27 bits per heavy atom. The summed E-state index contributed by atoms with van der Waals surface area (Å²) in [5, 5.41) is 37.1. The monoisotopic (exact) mass is 504 g/mol. The summed E-state index contributed by atoms with van der Waals surface area (Å²) < 4.78 is 10.8. The molecule has 14 nitrogen and oxygen atoms in total. The van der Waals surface area contributed by atoms with Crippen molar-refractivity contribution >= 4 is 35.1 Å². The molecule has 14 heteroatoms. The molecule has 0 fully saturated rings. The zero-order valence-electron chi connectivity index (χ0n) is 18.9. The number of nitro benzene ring substituents is 2. The largest absolute Gasteiger partial charge is 0.493 e. The Morgan fingerprint density at radius 1 is 0.946 bits per heavy atom. The number of hydrogen-bond donors (Lipinski definition) is 2. The van der Waals surface area contributed by atoms with E-state index < -0.39 is 33.0 Å². The summed E-state index contributed by atoms with van der Waals surface area (Å²) in [7, 11) is 1.32. The van der Waals surface area contributed by atoms with Gasteiger partial charge in [0.2, 0.25) is 5.75 Å². The van der Waals surface area contributed by atoms with E-state index in [1.807, 2.05) is 6.07 Å². The number of anilines is 1. The van der Waals surface area contributed by atoms with Gasteiger partial charge in [-0.1, -0.05) is 0 Å². The normalized spacial score (nSPS) is 10.3. The minimum atomic E-state index is -1.04. The van der Waals surface area contributed by atoms with E-state index in [-0.39, 0.29) is 17.2 Å². The Morgan fingerprint density at radius 2 is 1.65 bits per heavy atom. The highest BCUT2D eigenvalue weighted by Gasteiger charge is 2.22. The predicted molar refractivity (Wildman–Crippen MR) is 128 cm³/mol. The molecule has 0 aliphatic carbocycles. The van der Waals surface area contributed by atoms with Gasteiger partial charge in [-0.15, -0.1) is 0 Å².